The molecule has 5 heteroatoms. The van der Waals surface area contributed by atoms with Crippen LogP contribution in [-0.2, 0) is 9.47 Å². The first kappa shape index (κ1) is 14.5. The molecule has 1 amide bonds. The van der Waals surface area contributed by atoms with E-state index in [-0.39, 0.29) is 11.5 Å². The molecule has 1 heterocycles. The second-order valence-corrected chi connectivity index (χ2v) is 5.60. The van der Waals surface area contributed by atoms with Crippen molar-refractivity contribution in [2.75, 3.05) is 26.9 Å². The third-order valence-electron chi connectivity index (χ3n) is 3.51. The third-order valence-corrected chi connectivity index (χ3v) is 4.56. The van der Waals surface area contributed by atoms with E-state index in [1.807, 2.05) is 19.1 Å². The minimum atomic E-state index is -0.383. The van der Waals surface area contributed by atoms with Crippen molar-refractivity contribution in [2.24, 2.45) is 0 Å². The maximum atomic E-state index is 12.2. The fourth-order valence-electron chi connectivity index (χ4n) is 2.12. The van der Waals surface area contributed by atoms with Gasteiger partial charge >= 0.3 is 0 Å². The number of nitrogens with one attached hydrogen (secondary N) is 1. The van der Waals surface area contributed by atoms with Gasteiger partial charge in [0.05, 0.1) is 12.2 Å². The van der Waals surface area contributed by atoms with Gasteiger partial charge in [0.15, 0.2) is 0 Å². The Bertz CT molecular complexity index is 470. The Kier molecular flexibility index (Phi) is 4.60. The van der Waals surface area contributed by atoms with E-state index < -0.39 is 0 Å². The van der Waals surface area contributed by atoms with Gasteiger partial charge < -0.3 is 14.8 Å². The summed E-state index contributed by atoms with van der Waals surface area (Å²) in [7, 11) is 1.66. The maximum absolute atomic E-state index is 12.2. The molecule has 1 aromatic carbocycles. The molecule has 1 unspecified atom stereocenters. The summed E-state index contributed by atoms with van der Waals surface area (Å²) in [6.45, 7) is 3.63. The third kappa shape index (κ3) is 3.16. The Hall–Kier alpha value is -0.910. The van der Waals surface area contributed by atoms with Crippen LogP contribution in [0.2, 0.25) is 0 Å². The maximum Gasteiger partial charge on any atom is 0.252 e. The van der Waals surface area contributed by atoms with Gasteiger partial charge in [-0.25, -0.2) is 0 Å². The quantitative estimate of drug-likeness (QED) is 0.923. The molecule has 1 saturated heterocycles. The summed E-state index contributed by atoms with van der Waals surface area (Å²) >= 11 is 3.45. The zero-order valence-electron chi connectivity index (χ0n) is 11.2. The molecule has 0 radical (unpaired) electrons. The summed E-state index contributed by atoms with van der Waals surface area (Å²) in [6, 6.07) is 5.64. The van der Waals surface area contributed by atoms with Crippen molar-refractivity contribution in [3.63, 3.8) is 0 Å². The number of hydrogen-bond acceptors (Lipinski definition) is 3. The fourth-order valence-corrected chi connectivity index (χ4v) is 2.56. The standard InChI is InChI=1S/C14H18BrNO3/c1-10-4-3-5-11(12(10)15)13(17)16-8-14(18-2)6-7-19-9-14/h3-5H,6-9H2,1-2H3,(H,16,17). The number of rotatable bonds is 4. The van der Waals surface area contributed by atoms with Crippen molar-refractivity contribution >= 4 is 21.8 Å². The predicted molar refractivity (Wildman–Crippen MR) is 76.4 cm³/mol. The monoisotopic (exact) mass is 327 g/mol. The number of ether oxygens (including phenoxy) is 2. The molecule has 0 aromatic heterocycles. The van der Waals surface area contributed by atoms with Crippen LogP contribution < -0.4 is 5.32 Å². The van der Waals surface area contributed by atoms with E-state index >= 15 is 0 Å². The summed E-state index contributed by atoms with van der Waals surface area (Å²) < 4.78 is 11.7. The second-order valence-electron chi connectivity index (χ2n) is 4.81. The highest BCUT2D eigenvalue weighted by molar-refractivity contribution is 9.10. The first-order valence-corrected chi connectivity index (χ1v) is 7.03. The average Bonchev–Trinajstić information content (AvgIpc) is 2.89. The van der Waals surface area contributed by atoms with Gasteiger partial charge in [-0.2, -0.15) is 0 Å². The van der Waals surface area contributed by atoms with E-state index in [0.29, 0.717) is 25.3 Å². The zero-order chi connectivity index (χ0) is 13.9. The van der Waals surface area contributed by atoms with E-state index in [0.717, 1.165) is 16.5 Å². The number of aryl methyl sites for hydroxylation is 1. The van der Waals surface area contributed by atoms with Gasteiger partial charge in [0.25, 0.3) is 5.91 Å². The normalized spacial score (nSPS) is 22.5. The van der Waals surface area contributed by atoms with Gasteiger partial charge in [-0.15, -0.1) is 0 Å². The highest BCUT2D eigenvalue weighted by atomic mass is 79.9. The van der Waals surface area contributed by atoms with Gasteiger partial charge in [0, 0.05) is 31.2 Å². The molecule has 1 atom stereocenters. The molecule has 19 heavy (non-hydrogen) atoms. The van der Waals surface area contributed by atoms with E-state index in [2.05, 4.69) is 21.2 Å². The van der Waals surface area contributed by atoms with Crippen LogP contribution in [0.15, 0.2) is 22.7 Å². The molecule has 1 aliphatic rings. The Balaban J connectivity index is 2.03. The molecule has 104 valence electrons. The summed E-state index contributed by atoms with van der Waals surface area (Å²) in [4.78, 5) is 12.2. The van der Waals surface area contributed by atoms with Crippen molar-refractivity contribution < 1.29 is 14.3 Å². The first-order valence-electron chi connectivity index (χ1n) is 6.24. The van der Waals surface area contributed by atoms with E-state index in [9.17, 15) is 4.79 Å². The highest BCUT2D eigenvalue weighted by Crippen LogP contribution is 2.23. The van der Waals surface area contributed by atoms with Crippen LogP contribution in [-0.4, -0.2) is 38.4 Å². The lowest BCUT2D eigenvalue weighted by Crippen LogP contribution is -2.45. The van der Waals surface area contributed by atoms with Crippen LogP contribution in [0.5, 0.6) is 0 Å². The summed E-state index contributed by atoms with van der Waals surface area (Å²) in [5.41, 5.74) is 1.30. The van der Waals surface area contributed by atoms with Crippen LogP contribution in [0.4, 0.5) is 0 Å². The van der Waals surface area contributed by atoms with Gasteiger partial charge in [0.2, 0.25) is 0 Å². The van der Waals surface area contributed by atoms with Crippen LogP contribution in [0, 0.1) is 6.92 Å². The molecule has 0 saturated carbocycles. The first-order chi connectivity index (χ1) is 9.08. The Labute approximate surface area is 121 Å². The van der Waals surface area contributed by atoms with Gasteiger partial charge in [-0.05, 0) is 34.5 Å². The summed E-state index contributed by atoms with van der Waals surface area (Å²) in [5.74, 6) is -0.0982. The minimum absolute atomic E-state index is 0.0982. The molecule has 0 aliphatic carbocycles. The van der Waals surface area contributed by atoms with Crippen molar-refractivity contribution in [2.45, 2.75) is 18.9 Å². The molecule has 1 aliphatic heterocycles. The molecular formula is C14H18BrNO3. The Morgan fingerprint density at radius 1 is 1.58 bits per heavy atom. The summed E-state index contributed by atoms with van der Waals surface area (Å²) in [6.07, 6.45) is 0.804. The largest absolute Gasteiger partial charge is 0.378 e. The zero-order valence-corrected chi connectivity index (χ0v) is 12.7. The number of halogens is 1. The molecule has 0 bridgehead atoms. The smallest absolute Gasteiger partial charge is 0.252 e. The van der Waals surface area contributed by atoms with Gasteiger partial charge in [0.1, 0.15) is 5.60 Å². The summed E-state index contributed by atoms with van der Waals surface area (Å²) in [5, 5.41) is 2.93. The molecular weight excluding hydrogens is 310 g/mol. The fraction of sp³-hybridized carbons (Fsp3) is 0.500. The minimum Gasteiger partial charge on any atom is -0.378 e. The number of amides is 1. The van der Waals surface area contributed by atoms with Crippen LogP contribution in [0.1, 0.15) is 22.3 Å². The number of hydrogen-bond donors (Lipinski definition) is 1. The number of carbonyl (C=O) groups excluding carboxylic acids is 1. The van der Waals surface area contributed by atoms with Gasteiger partial charge in [-0.1, -0.05) is 12.1 Å². The molecule has 1 aromatic rings. The lowest BCUT2D eigenvalue weighted by atomic mass is 10.0. The number of methoxy groups -OCH3 is 1. The number of carbonyl (C=O) groups is 1. The SMILES string of the molecule is COC1(CNC(=O)c2cccc(C)c2Br)CCOC1. The molecule has 1 fully saturated rings. The van der Waals surface area contributed by atoms with Crippen molar-refractivity contribution in [3.05, 3.63) is 33.8 Å². The van der Waals surface area contributed by atoms with Crippen LogP contribution in [0.25, 0.3) is 0 Å². The van der Waals surface area contributed by atoms with Crippen molar-refractivity contribution in [1.29, 1.82) is 0 Å². The topological polar surface area (TPSA) is 47.6 Å². The van der Waals surface area contributed by atoms with E-state index in [1.54, 1.807) is 13.2 Å². The van der Waals surface area contributed by atoms with E-state index in [1.165, 1.54) is 0 Å². The number of benzene rings is 1. The van der Waals surface area contributed by atoms with Crippen LogP contribution >= 0.6 is 15.9 Å². The lowest BCUT2D eigenvalue weighted by Gasteiger charge is -2.26. The molecule has 2 rings (SSSR count). The van der Waals surface area contributed by atoms with E-state index in [4.69, 9.17) is 9.47 Å². The predicted octanol–water partition coefficient (Wildman–Crippen LogP) is 2.29. The molecule has 0 spiro atoms. The Morgan fingerprint density at radius 2 is 2.37 bits per heavy atom. The highest BCUT2D eigenvalue weighted by Gasteiger charge is 2.35. The van der Waals surface area contributed by atoms with Crippen molar-refractivity contribution in [1.82, 2.24) is 5.32 Å². The second kappa shape index (κ2) is 6.03. The molecule has 4 nitrogen and oxygen atoms in total. The van der Waals surface area contributed by atoms with Gasteiger partial charge in [-0.3, -0.25) is 4.79 Å². The average molecular weight is 328 g/mol. The Morgan fingerprint density at radius 3 is 3.00 bits per heavy atom. The van der Waals surface area contributed by atoms with Crippen molar-refractivity contribution in [3.8, 4) is 0 Å². The molecule has 1 N–H and O–H groups in total. The lowest BCUT2D eigenvalue weighted by molar-refractivity contribution is -0.0148. The van der Waals surface area contributed by atoms with Crippen LogP contribution in [0.3, 0.4) is 0 Å².